The molecule has 138 valence electrons. The molecule has 0 spiro atoms. The van der Waals surface area contributed by atoms with Crippen molar-refractivity contribution in [2.24, 2.45) is 0 Å². The molecule has 0 aliphatic carbocycles. The molecule has 0 amide bonds. The Bertz CT molecular complexity index is 1110. The van der Waals surface area contributed by atoms with Crippen molar-refractivity contribution < 1.29 is 18.6 Å². The number of fused-ring (bicyclic) bond motifs is 1. The second-order valence-corrected chi connectivity index (χ2v) is 6.04. The normalized spacial score (nSPS) is 10.5. The van der Waals surface area contributed by atoms with E-state index in [-0.39, 0.29) is 23.5 Å². The monoisotopic (exact) mass is 365 g/mol. The molecule has 0 saturated heterocycles. The highest BCUT2D eigenvalue weighted by Gasteiger charge is 2.20. The Morgan fingerprint density at radius 2 is 1.74 bits per heavy atom. The standard InChI is InChI=1S/C21H19NO5/c1-12-9-15-17(10-13(12)2)27-20(21(19(15)23)26-8-7-22)14-5-6-16(24-3)18(11-14)25-4/h5-6,9-11H,8H2,1-4H3. The molecule has 3 rings (SSSR count). The number of aryl methyl sites for hydroxylation is 2. The van der Waals surface area contributed by atoms with Gasteiger partial charge in [-0.05, 0) is 55.3 Å². The summed E-state index contributed by atoms with van der Waals surface area (Å²) in [6.45, 7) is 3.61. The Kier molecular flexibility index (Phi) is 5.04. The zero-order chi connectivity index (χ0) is 19.6. The molecule has 0 radical (unpaired) electrons. The van der Waals surface area contributed by atoms with Crippen molar-refractivity contribution in [3.63, 3.8) is 0 Å². The van der Waals surface area contributed by atoms with E-state index in [1.54, 1.807) is 31.4 Å². The topological polar surface area (TPSA) is 81.7 Å². The molecule has 6 heteroatoms. The van der Waals surface area contributed by atoms with Crippen LogP contribution in [0.2, 0.25) is 0 Å². The largest absolute Gasteiger partial charge is 0.493 e. The highest BCUT2D eigenvalue weighted by atomic mass is 16.5. The van der Waals surface area contributed by atoms with Crippen molar-refractivity contribution in [2.75, 3.05) is 20.8 Å². The van der Waals surface area contributed by atoms with Crippen LogP contribution >= 0.6 is 0 Å². The number of hydrogen-bond donors (Lipinski definition) is 0. The third-order valence-electron chi connectivity index (χ3n) is 4.39. The van der Waals surface area contributed by atoms with Crippen LogP contribution < -0.4 is 19.6 Å². The summed E-state index contributed by atoms with van der Waals surface area (Å²) in [7, 11) is 3.07. The van der Waals surface area contributed by atoms with Gasteiger partial charge in [-0.2, -0.15) is 5.26 Å². The fourth-order valence-electron chi connectivity index (χ4n) is 2.84. The minimum Gasteiger partial charge on any atom is -0.493 e. The van der Waals surface area contributed by atoms with Gasteiger partial charge in [-0.15, -0.1) is 0 Å². The number of ether oxygens (including phenoxy) is 3. The minimum atomic E-state index is -0.320. The summed E-state index contributed by atoms with van der Waals surface area (Å²) in [6.07, 6.45) is 0. The average molecular weight is 365 g/mol. The van der Waals surface area contributed by atoms with Crippen LogP contribution in [0, 0.1) is 25.2 Å². The Labute approximate surface area is 156 Å². The van der Waals surface area contributed by atoms with Crippen LogP contribution in [0.1, 0.15) is 11.1 Å². The van der Waals surface area contributed by atoms with E-state index in [4.69, 9.17) is 23.9 Å². The van der Waals surface area contributed by atoms with Crippen LogP contribution in [0.4, 0.5) is 0 Å². The van der Waals surface area contributed by atoms with Gasteiger partial charge in [0.25, 0.3) is 0 Å². The van der Waals surface area contributed by atoms with E-state index in [0.29, 0.717) is 28.0 Å². The SMILES string of the molecule is COc1ccc(-c2oc3cc(C)c(C)cc3c(=O)c2OCC#N)cc1OC. The second-order valence-electron chi connectivity index (χ2n) is 6.04. The Hall–Kier alpha value is -3.46. The smallest absolute Gasteiger partial charge is 0.235 e. The molecule has 0 saturated carbocycles. The lowest BCUT2D eigenvalue weighted by Gasteiger charge is -2.13. The van der Waals surface area contributed by atoms with E-state index < -0.39 is 0 Å². The number of hydrogen-bond acceptors (Lipinski definition) is 6. The predicted octanol–water partition coefficient (Wildman–Crippen LogP) is 4.00. The van der Waals surface area contributed by atoms with Crippen molar-refractivity contribution in [3.05, 3.63) is 51.7 Å². The van der Waals surface area contributed by atoms with Gasteiger partial charge in [0.1, 0.15) is 11.7 Å². The Morgan fingerprint density at radius 3 is 2.41 bits per heavy atom. The second kappa shape index (κ2) is 7.42. The van der Waals surface area contributed by atoms with Gasteiger partial charge in [0.15, 0.2) is 23.9 Å². The third kappa shape index (κ3) is 3.32. The lowest BCUT2D eigenvalue weighted by atomic mass is 10.0. The fraction of sp³-hybridized carbons (Fsp3) is 0.238. The molecule has 1 aromatic heterocycles. The van der Waals surface area contributed by atoms with Gasteiger partial charge in [-0.1, -0.05) is 0 Å². The van der Waals surface area contributed by atoms with Crippen molar-refractivity contribution in [3.8, 4) is 34.6 Å². The van der Waals surface area contributed by atoms with Crippen LogP contribution in [-0.4, -0.2) is 20.8 Å². The maximum Gasteiger partial charge on any atom is 0.235 e. The highest BCUT2D eigenvalue weighted by Crippen LogP contribution is 2.37. The van der Waals surface area contributed by atoms with E-state index in [1.807, 2.05) is 26.0 Å². The zero-order valence-electron chi connectivity index (χ0n) is 15.6. The molecule has 1 heterocycles. The number of benzene rings is 2. The molecule has 0 unspecified atom stereocenters. The zero-order valence-corrected chi connectivity index (χ0v) is 15.6. The summed E-state index contributed by atoms with van der Waals surface area (Å²) in [6, 6.07) is 10.6. The molecule has 0 bridgehead atoms. The minimum absolute atomic E-state index is 0.000442. The van der Waals surface area contributed by atoms with E-state index >= 15 is 0 Å². The van der Waals surface area contributed by atoms with Crippen molar-refractivity contribution in [2.45, 2.75) is 13.8 Å². The predicted molar refractivity (Wildman–Crippen MR) is 102 cm³/mol. The van der Waals surface area contributed by atoms with Crippen molar-refractivity contribution in [1.29, 1.82) is 5.26 Å². The summed E-state index contributed by atoms with van der Waals surface area (Å²) in [5.41, 5.74) is 2.70. The summed E-state index contributed by atoms with van der Waals surface area (Å²) in [5, 5.41) is 9.29. The first-order valence-electron chi connectivity index (χ1n) is 8.30. The molecular formula is C21H19NO5. The van der Waals surface area contributed by atoms with Gasteiger partial charge in [-0.3, -0.25) is 4.79 Å². The van der Waals surface area contributed by atoms with E-state index in [1.165, 1.54) is 7.11 Å². The van der Waals surface area contributed by atoms with Crippen LogP contribution in [0.15, 0.2) is 39.5 Å². The van der Waals surface area contributed by atoms with Crippen LogP contribution in [0.25, 0.3) is 22.3 Å². The number of rotatable bonds is 5. The van der Waals surface area contributed by atoms with E-state index in [2.05, 4.69) is 0 Å². The molecule has 3 aromatic rings. The van der Waals surface area contributed by atoms with E-state index in [9.17, 15) is 4.79 Å². The van der Waals surface area contributed by atoms with Crippen LogP contribution in [-0.2, 0) is 0 Å². The fourth-order valence-corrected chi connectivity index (χ4v) is 2.84. The first kappa shape index (κ1) is 18.3. The first-order valence-corrected chi connectivity index (χ1v) is 8.30. The van der Waals surface area contributed by atoms with Gasteiger partial charge in [0.2, 0.25) is 11.2 Å². The maximum absolute atomic E-state index is 13.0. The molecule has 6 nitrogen and oxygen atoms in total. The summed E-state index contributed by atoms with van der Waals surface area (Å²) >= 11 is 0. The molecule has 0 fully saturated rings. The molecule has 0 aliphatic rings. The molecule has 2 aromatic carbocycles. The van der Waals surface area contributed by atoms with Crippen molar-refractivity contribution in [1.82, 2.24) is 0 Å². The number of nitrogens with zero attached hydrogens (tertiary/aromatic N) is 1. The lowest BCUT2D eigenvalue weighted by Crippen LogP contribution is -2.11. The molecule has 0 N–H and O–H groups in total. The summed E-state index contributed by atoms with van der Waals surface area (Å²) < 4.78 is 22.1. The highest BCUT2D eigenvalue weighted by molar-refractivity contribution is 5.83. The van der Waals surface area contributed by atoms with Crippen LogP contribution in [0.3, 0.4) is 0 Å². The molecule has 27 heavy (non-hydrogen) atoms. The number of methoxy groups -OCH3 is 2. The summed E-state index contributed by atoms with van der Waals surface area (Å²) in [5.74, 6) is 1.28. The Morgan fingerprint density at radius 1 is 1.04 bits per heavy atom. The van der Waals surface area contributed by atoms with Gasteiger partial charge in [-0.25, -0.2) is 0 Å². The first-order chi connectivity index (χ1) is 13.0. The Balaban J connectivity index is 2.32. The van der Waals surface area contributed by atoms with Gasteiger partial charge in [0.05, 0.1) is 19.6 Å². The maximum atomic E-state index is 13.0. The van der Waals surface area contributed by atoms with Gasteiger partial charge >= 0.3 is 0 Å². The molecule has 0 atom stereocenters. The summed E-state index contributed by atoms with van der Waals surface area (Å²) in [4.78, 5) is 13.0. The van der Waals surface area contributed by atoms with Gasteiger partial charge < -0.3 is 18.6 Å². The van der Waals surface area contributed by atoms with Gasteiger partial charge in [0, 0.05) is 5.56 Å². The molecule has 0 aliphatic heterocycles. The van der Waals surface area contributed by atoms with Crippen LogP contribution in [0.5, 0.6) is 17.2 Å². The average Bonchev–Trinajstić information content (AvgIpc) is 2.68. The molecular weight excluding hydrogens is 346 g/mol. The van der Waals surface area contributed by atoms with E-state index in [0.717, 1.165) is 11.1 Å². The quantitative estimate of drug-likeness (QED) is 0.680. The third-order valence-corrected chi connectivity index (χ3v) is 4.39. The lowest BCUT2D eigenvalue weighted by molar-refractivity contribution is 0.353. The van der Waals surface area contributed by atoms with Crippen molar-refractivity contribution >= 4 is 11.0 Å². The number of nitriles is 1.